The number of anilines is 1. The van der Waals surface area contributed by atoms with Gasteiger partial charge in [0, 0.05) is 18.8 Å². The minimum atomic E-state index is 0.502. The van der Waals surface area contributed by atoms with Crippen LogP contribution in [0.25, 0.3) is 0 Å². The Morgan fingerprint density at radius 2 is 2.50 bits per heavy atom. The van der Waals surface area contributed by atoms with Crippen LogP contribution in [0.1, 0.15) is 6.42 Å². The van der Waals surface area contributed by atoms with Crippen molar-refractivity contribution in [2.45, 2.75) is 12.5 Å². The molecule has 1 aromatic rings. The van der Waals surface area contributed by atoms with Gasteiger partial charge in [0.05, 0.1) is 5.69 Å². The van der Waals surface area contributed by atoms with Crippen LogP contribution in [-0.4, -0.2) is 36.1 Å². The van der Waals surface area contributed by atoms with Crippen LogP contribution in [0.15, 0.2) is 18.3 Å². The molecule has 0 radical (unpaired) electrons. The number of likely N-dealkylation sites (tertiary alicyclic amines) is 1. The minimum Gasteiger partial charge on any atom is -0.378 e. The summed E-state index contributed by atoms with van der Waals surface area (Å²) in [5.41, 5.74) is 0.939. The van der Waals surface area contributed by atoms with Gasteiger partial charge < -0.3 is 10.2 Å². The molecule has 3 nitrogen and oxygen atoms in total. The Balaban J connectivity index is 2.01. The van der Waals surface area contributed by atoms with E-state index < -0.39 is 0 Å². The summed E-state index contributed by atoms with van der Waals surface area (Å²) in [6.45, 7) is 2.22. The highest BCUT2D eigenvalue weighted by Gasteiger charge is 2.19. The van der Waals surface area contributed by atoms with Crippen molar-refractivity contribution in [3.05, 3.63) is 23.5 Å². The monoisotopic (exact) mass is 211 g/mol. The van der Waals surface area contributed by atoms with Gasteiger partial charge in [-0.3, -0.25) is 0 Å². The molecule has 1 N–H and O–H groups in total. The maximum Gasteiger partial charge on any atom is 0.152 e. The van der Waals surface area contributed by atoms with Gasteiger partial charge in [-0.05, 0) is 32.1 Å². The van der Waals surface area contributed by atoms with Crippen LogP contribution in [0.2, 0.25) is 5.15 Å². The van der Waals surface area contributed by atoms with E-state index in [0.29, 0.717) is 11.2 Å². The van der Waals surface area contributed by atoms with Crippen LogP contribution in [0, 0.1) is 0 Å². The average Bonchev–Trinajstić information content (AvgIpc) is 2.56. The first-order valence-corrected chi connectivity index (χ1v) is 5.19. The van der Waals surface area contributed by atoms with Crippen LogP contribution >= 0.6 is 11.6 Å². The third kappa shape index (κ3) is 2.16. The number of nitrogens with zero attached hydrogens (tertiary/aromatic N) is 2. The van der Waals surface area contributed by atoms with E-state index in [0.717, 1.165) is 18.8 Å². The number of nitrogens with one attached hydrogen (secondary N) is 1. The molecule has 1 aliphatic heterocycles. The largest absolute Gasteiger partial charge is 0.378 e. The van der Waals surface area contributed by atoms with Crippen LogP contribution in [-0.2, 0) is 0 Å². The van der Waals surface area contributed by atoms with Gasteiger partial charge in [0.25, 0.3) is 0 Å². The predicted octanol–water partition coefficient (Wildman–Crippen LogP) is 1.85. The first-order chi connectivity index (χ1) is 6.75. The first-order valence-electron chi connectivity index (χ1n) is 4.81. The number of likely N-dealkylation sites (N-methyl/N-ethyl adjacent to an activating group) is 1. The summed E-state index contributed by atoms with van der Waals surface area (Å²) in [5, 5.41) is 3.96. The Kier molecular flexibility index (Phi) is 2.89. The number of pyridine rings is 1. The summed E-state index contributed by atoms with van der Waals surface area (Å²) in [6.07, 6.45) is 2.87. The third-order valence-corrected chi connectivity index (χ3v) is 2.81. The zero-order chi connectivity index (χ0) is 9.97. The molecule has 0 saturated carbocycles. The van der Waals surface area contributed by atoms with Crippen LogP contribution in [0.5, 0.6) is 0 Å². The number of rotatable bonds is 2. The average molecular weight is 212 g/mol. The summed E-state index contributed by atoms with van der Waals surface area (Å²) < 4.78 is 0. The minimum absolute atomic E-state index is 0.502. The maximum atomic E-state index is 5.95. The van der Waals surface area contributed by atoms with Crippen LogP contribution < -0.4 is 5.32 Å². The second-order valence-electron chi connectivity index (χ2n) is 3.73. The van der Waals surface area contributed by atoms with Gasteiger partial charge >= 0.3 is 0 Å². The molecule has 1 atom stereocenters. The van der Waals surface area contributed by atoms with E-state index in [4.69, 9.17) is 11.6 Å². The van der Waals surface area contributed by atoms with Gasteiger partial charge in [0.1, 0.15) is 0 Å². The van der Waals surface area contributed by atoms with Crippen molar-refractivity contribution in [1.29, 1.82) is 0 Å². The molecular formula is C10H14ClN3. The van der Waals surface area contributed by atoms with Gasteiger partial charge in [-0.1, -0.05) is 11.6 Å². The van der Waals surface area contributed by atoms with E-state index in [2.05, 4.69) is 22.2 Å². The predicted molar refractivity (Wildman–Crippen MR) is 58.8 cm³/mol. The lowest BCUT2D eigenvalue weighted by Crippen LogP contribution is -2.23. The molecule has 0 amide bonds. The fraction of sp³-hybridized carbons (Fsp3) is 0.500. The van der Waals surface area contributed by atoms with Crippen molar-refractivity contribution in [2.75, 3.05) is 25.5 Å². The van der Waals surface area contributed by atoms with Crippen molar-refractivity contribution in [3.63, 3.8) is 0 Å². The topological polar surface area (TPSA) is 28.2 Å². The fourth-order valence-corrected chi connectivity index (χ4v) is 1.94. The van der Waals surface area contributed by atoms with Crippen molar-refractivity contribution in [2.24, 2.45) is 0 Å². The van der Waals surface area contributed by atoms with Crippen LogP contribution in [0.3, 0.4) is 0 Å². The second-order valence-corrected chi connectivity index (χ2v) is 4.09. The van der Waals surface area contributed by atoms with E-state index in [9.17, 15) is 0 Å². The molecule has 0 aliphatic carbocycles. The third-order valence-electron chi connectivity index (χ3n) is 2.51. The number of aromatic nitrogens is 1. The Morgan fingerprint density at radius 3 is 3.14 bits per heavy atom. The van der Waals surface area contributed by atoms with E-state index in [1.165, 1.54) is 6.42 Å². The lowest BCUT2D eigenvalue weighted by molar-refractivity contribution is 0.414. The standard InChI is InChI=1S/C10H14ClN3/c1-14-6-4-8(7-14)13-9-3-2-5-12-10(9)11/h2-3,5,8,13H,4,6-7H2,1H3. The van der Waals surface area contributed by atoms with Gasteiger partial charge in [-0.15, -0.1) is 0 Å². The molecule has 1 aliphatic rings. The molecule has 1 saturated heterocycles. The molecule has 2 heterocycles. The van der Waals surface area contributed by atoms with Crippen molar-refractivity contribution in [3.8, 4) is 0 Å². The Hall–Kier alpha value is -0.800. The Labute approximate surface area is 89.1 Å². The normalized spacial score (nSPS) is 22.6. The summed E-state index contributed by atoms with van der Waals surface area (Å²) in [7, 11) is 2.13. The fourth-order valence-electron chi connectivity index (χ4n) is 1.77. The molecule has 0 bridgehead atoms. The highest BCUT2D eigenvalue weighted by atomic mass is 35.5. The summed E-state index contributed by atoms with van der Waals surface area (Å²) in [5.74, 6) is 0. The second kappa shape index (κ2) is 4.15. The van der Waals surface area contributed by atoms with E-state index in [1.807, 2.05) is 12.1 Å². The Morgan fingerprint density at radius 1 is 1.64 bits per heavy atom. The summed E-state index contributed by atoms with van der Waals surface area (Å²) >= 11 is 5.95. The first kappa shape index (κ1) is 9.74. The highest BCUT2D eigenvalue weighted by molar-refractivity contribution is 6.31. The van der Waals surface area contributed by atoms with Crippen molar-refractivity contribution < 1.29 is 0 Å². The van der Waals surface area contributed by atoms with Crippen molar-refractivity contribution in [1.82, 2.24) is 9.88 Å². The van der Waals surface area contributed by atoms with Crippen molar-refractivity contribution >= 4 is 17.3 Å². The summed E-state index contributed by atoms with van der Waals surface area (Å²) in [6, 6.07) is 4.36. The molecular weight excluding hydrogens is 198 g/mol. The smallest absolute Gasteiger partial charge is 0.152 e. The maximum absolute atomic E-state index is 5.95. The lowest BCUT2D eigenvalue weighted by atomic mass is 10.2. The molecule has 1 aromatic heterocycles. The number of halogens is 1. The molecule has 2 rings (SSSR count). The molecule has 0 aromatic carbocycles. The molecule has 1 unspecified atom stereocenters. The van der Waals surface area contributed by atoms with Gasteiger partial charge in [-0.2, -0.15) is 0 Å². The van der Waals surface area contributed by atoms with E-state index in [-0.39, 0.29) is 0 Å². The molecule has 1 fully saturated rings. The molecule has 76 valence electrons. The lowest BCUT2D eigenvalue weighted by Gasteiger charge is -2.14. The zero-order valence-corrected chi connectivity index (χ0v) is 8.96. The molecule has 4 heteroatoms. The quantitative estimate of drug-likeness (QED) is 0.757. The van der Waals surface area contributed by atoms with Gasteiger partial charge in [0.15, 0.2) is 5.15 Å². The Bertz CT molecular complexity index is 316. The highest BCUT2D eigenvalue weighted by Crippen LogP contribution is 2.20. The van der Waals surface area contributed by atoms with Crippen LogP contribution in [0.4, 0.5) is 5.69 Å². The van der Waals surface area contributed by atoms with E-state index >= 15 is 0 Å². The van der Waals surface area contributed by atoms with Gasteiger partial charge in [-0.25, -0.2) is 4.98 Å². The van der Waals surface area contributed by atoms with E-state index in [1.54, 1.807) is 6.20 Å². The summed E-state index contributed by atoms with van der Waals surface area (Å²) in [4.78, 5) is 6.34. The number of hydrogen-bond donors (Lipinski definition) is 1. The molecule has 14 heavy (non-hydrogen) atoms. The SMILES string of the molecule is CN1CCC(Nc2cccnc2Cl)C1. The molecule has 0 spiro atoms. The number of hydrogen-bond acceptors (Lipinski definition) is 3. The van der Waals surface area contributed by atoms with Gasteiger partial charge in [0.2, 0.25) is 0 Å². The zero-order valence-electron chi connectivity index (χ0n) is 8.20.